The topological polar surface area (TPSA) is 57.8 Å². The van der Waals surface area contributed by atoms with Crippen molar-refractivity contribution in [3.05, 3.63) is 67.0 Å². The summed E-state index contributed by atoms with van der Waals surface area (Å²) in [7, 11) is 0. The van der Waals surface area contributed by atoms with Crippen molar-refractivity contribution in [1.82, 2.24) is 9.97 Å². The summed E-state index contributed by atoms with van der Waals surface area (Å²) in [6, 6.07) is 17.9. The van der Waals surface area contributed by atoms with Crippen molar-refractivity contribution in [2.75, 3.05) is 11.1 Å². The van der Waals surface area contributed by atoms with Crippen LogP contribution in [0, 0.1) is 0 Å². The molecule has 2 aromatic carbocycles. The molecule has 4 aromatic rings. The first-order valence-electron chi connectivity index (χ1n) is 7.64. The largest absolute Gasteiger partial charge is 0.359 e. The Labute approximate surface area is 143 Å². The molecular weight excluding hydrogens is 318 g/mol. The van der Waals surface area contributed by atoms with Crippen LogP contribution in [0.4, 0.5) is 5.69 Å². The maximum atomic E-state index is 12.3. The third-order valence-corrected chi connectivity index (χ3v) is 4.85. The first-order valence-corrected chi connectivity index (χ1v) is 8.62. The third-order valence-electron chi connectivity index (χ3n) is 3.84. The van der Waals surface area contributed by atoms with Crippen LogP contribution in [0.5, 0.6) is 0 Å². The van der Waals surface area contributed by atoms with Crippen molar-refractivity contribution in [3.8, 4) is 0 Å². The van der Waals surface area contributed by atoms with Crippen molar-refractivity contribution < 1.29 is 4.79 Å². The van der Waals surface area contributed by atoms with E-state index in [1.54, 1.807) is 6.20 Å². The van der Waals surface area contributed by atoms with Crippen LogP contribution in [-0.4, -0.2) is 21.6 Å². The number of thioether (sulfide) groups is 1. The number of nitrogens with zero attached hydrogens (tertiary/aromatic N) is 1. The van der Waals surface area contributed by atoms with E-state index in [-0.39, 0.29) is 5.91 Å². The van der Waals surface area contributed by atoms with Gasteiger partial charge in [0.2, 0.25) is 5.91 Å². The minimum atomic E-state index is -0.0421. The monoisotopic (exact) mass is 333 g/mol. The predicted molar refractivity (Wildman–Crippen MR) is 99.4 cm³/mol. The highest BCUT2D eigenvalue weighted by molar-refractivity contribution is 8.00. The zero-order valence-corrected chi connectivity index (χ0v) is 13.6. The highest BCUT2D eigenvalue weighted by Crippen LogP contribution is 2.26. The second kappa shape index (κ2) is 6.37. The number of amides is 1. The molecule has 4 nitrogen and oxygen atoms in total. The summed E-state index contributed by atoms with van der Waals surface area (Å²) in [5.74, 6) is 0.278. The number of rotatable bonds is 4. The molecule has 0 bridgehead atoms. The van der Waals surface area contributed by atoms with Crippen molar-refractivity contribution >= 4 is 45.0 Å². The number of anilines is 1. The molecule has 0 saturated carbocycles. The summed E-state index contributed by atoms with van der Waals surface area (Å²) in [5.41, 5.74) is 1.82. The summed E-state index contributed by atoms with van der Waals surface area (Å²) in [4.78, 5) is 19.9. The van der Waals surface area contributed by atoms with Gasteiger partial charge in [-0.3, -0.25) is 4.79 Å². The van der Waals surface area contributed by atoms with Crippen LogP contribution < -0.4 is 5.32 Å². The molecule has 2 aromatic heterocycles. The number of hydrogen-bond donors (Lipinski definition) is 2. The summed E-state index contributed by atoms with van der Waals surface area (Å²) >= 11 is 1.45. The molecule has 0 aliphatic rings. The number of pyridine rings is 1. The molecule has 5 heteroatoms. The Kier molecular flexibility index (Phi) is 3.92. The van der Waals surface area contributed by atoms with Gasteiger partial charge < -0.3 is 10.3 Å². The molecule has 0 spiro atoms. The Balaban J connectivity index is 1.48. The minimum absolute atomic E-state index is 0.0421. The normalized spacial score (nSPS) is 11.0. The van der Waals surface area contributed by atoms with Gasteiger partial charge in [-0.25, -0.2) is 4.98 Å². The van der Waals surface area contributed by atoms with Crippen molar-refractivity contribution in [2.24, 2.45) is 0 Å². The first kappa shape index (κ1) is 14.8. The van der Waals surface area contributed by atoms with Crippen LogP contribution in [-0.2, 0) is 4.79 Å². The Morgan fingerprint density at radius 3 is 2.75 bits per heavy atom. The lowest BCUT2D eigenvalue weighted by Gasteiger charge is -2.06. The van der Waals surface area contributed by atoms with Gasteiger partial charge >= 0.3 is 0 Å². The number of carbonyl (C=O) groups is 1. The average molecular weight is 333 g/mol. The SMILES string of the molecule is O=C(CSc1nccc2ccccc12)Nc1c[nH]c2ccccc12. The molecule has 0 saturated heterocycles. The van der Waals surface area contributed by atoms with Gasteiger partial charge in [0.15, 0.2) is 0 Å². The second-order valence-electron chi connectivity index (χ2n) is 5.42. The van der Waals surface area contributed by atoms with Gasteiger partial charge in [-0.1, -0.05) is 54.2 Å². The molecule has 0 fully saturated rings. The number of aromatic amines is 1. The van der Waals surface area contributed by atoms with Gasteiger partial charge in [0.05, 0.1) is 11.4 Å². The van der Waals surface area contributed by atoms with E-state index in [2.05, 4.69) is 15.3 Å². The predicted octanol–water partition coefficient (Wildman–Crippen LogP) is 4.45. The fourth-order valence-corrected chi connectivity index (χ4v) is 3.52. The highest BCUT2D eigenvalue weighted by Gasteiger charge is 2.09. The van der Waals surface area contributed by atoms with Gasteiger partial charge in [-0.15, -0.1) is 0 Å². The minimum Gasteiger partial charge on any atom is -0.359 e. The third kappa shape index (κ3) is 2.86. The number of benzene rings is 2. The van der Waals surface area contributed by atoms with Crippen LogP contribution in [0.3, 0.4) is 0 Å². The molecule has 0 aliphatic carbocycles. The van der Waals surface area contributed by atoms with E-state index >= 15 is 0 Å². The molecule has 0 unspecified atom stereocenters. The molecular formula is C19H15N3OS. The summed E-state index contributed by atoms with van der Waals surface area (Å²) in [6.45, 7) is 0. The van der Waals surface area contributed by atoms with Crippen LogP contribution in [0.15, 0.2) is 72.0 Å². The van der Waals surface area contributed by atoms with Gasteiger partial charge in [-0.05, 0) is 17.5 Å². The summed E-state index contributed by atoms with van der Waals surface area (Å²) < 4.78 is 0. The number of carbonyl (C=O) groups excluding carboxylic acids is 1. The molecule has 4 rings (SSSR count). The smallest absolute Gasteiger partial charge is 0.234 e. The lowest BCUT2D eigenvalue weighted by molar-refractivity contribution is -0.113. The van der Waals surface area contributed by atoms with Gasteiger partial charge in [0, 0.05) is 28.7 Å². The molecule has 0 aliphatic heterocycles. The quantitative estimate of drug-likeness (QED) is 0.543. The van der Waals surface area contributed by atoms with Gasteiger partial charge in [-0.2, -0.15) is 0 Å². The zero-order chi connectivity index (χ0) is 16.4. The van der Waals surface area contributed by atoms with E-state index in [1.165, 1.54) is 11.8 Å². The molecule has 2 heterocycles. The van der Waals surface area contributed by atoms with Crippen molar-refractivity contribution in [3.63, 3.8) is 0 Å². The lowest BCUT2D eigenvalue weighted by Crippen LogP contribution is -2.13. The van der Waals surface area contributed by atoms with Crippen LogP contribution in [0.1, 0.15) is 0 Å². The number of fused-ring (bicyclic) bond motifs is 2. The number of nitrogens with one attached hydrogen (secondary N) is 2. The Morgan fingerprint density at radius 2 is 1.83 bits per heavy atom. The maximum absolute atomic E-state index is 12.3. The molecule has 0 radical (unpaired) electrons. The molecule has 24 heavy (non-hydrogen) atoms. The number of aromatic nitrogens is 2. The fourth-order valence-electron chi connectivity index (χ4n) is 2.70. The van der Waals surface area contributed by atoms with Crippen molar-refractivity contribution in [1.29, 1.82) is 0 Å². The van der Waals surface area contributed by atoms with Crippen LogP contribution in [0.2, 0.25) is 0 Å². The average Bonchev–Trinajstić information content (AvgIpc) is 3.03. The summed E-state index contributed by atoms with van der Waals surface area (Å²) in [5, 5.41) is 7.06. The summed E-state index contributed by atoms with van der Waals surface area (Å²) in [6.07, 6.45) is 3.60. The fraction of sp³-hybridized carbons (Fsp3) is 0.0526. The lowest BCUT2D eigenvalue weighted by atomic mass is 10.2. The number of H-pyrrole nitrogens is 1. The van der Waals surface area contributed by atoms with Gasteiger partial charge in [0.1, 0.15) is 5.03 Å². The number of para-hydroxylation sites is 1. The molecule has 1 amide bonds. The molecule has 0 atom stereocenters. The molecule has 118 valence electrons. The second-order valence-corrected chi connectivity index (χ2v) is 6.39. The highest BCUT2D eigenvalue weighted by atomic mass is 32.2. The molecule has 2 N–H and O–H groups in total. The standard InChI is InChI=1S/C19H15N3OS/c23-18(22-17-11-21-16-8-4-3-7-15(16)17)12-24-19-14-6-2-1-5-13(14)9-10-20-19/h1-11,21H,12H2,(H,22,23). The van der Waals surface area contributed by atoms with E-state index in [9.17, 15) is 4.79 Å². The van der Waals surface area contributed by atoms with E-state index < -0.39 is 0 Å². The first-order chi connectivity index (χ1) is 11.8. The maximum Gasteiger partial charge on any atom is 0.234 e. The van der Waals surface area contributed by atoms with Gasteiger partial charge in [0.25, 0.3) is 0 Å². The van der Waals surface area contributed by atoms with Crippen molar-refractivity contribution in [2.45, 2.75) is 5.03 Å². The Hall–Kier alpha value is -2.79. The van der Waals surface area contributed by atoms with E-state index in [0.717, 1.165) is 32.4 Å². The van der Waals surface area contributed by atoms with Crippen LogP contribution in [0.25, 0.3) is 21.7 Å². The number of hydrogen-bond acceptors (Lipinski definition) is 3. The van der Waals surface area contributed by atoms with E-state index in [4.69, 9.17) is 0 Å². The Morgan fingerprint density at radius 1 is 1.04 bits per heavy atom. The van der Waals surface area contributed by atoms with Crippen LogP contribution >= 0.6 is 11.8 Å². The van der Waals surface area contributed by atoms with E-state index in [0.29, 0.717) is 5.75 Å². The Bertz CT molecular complexity index is 1020. The zero-order valence-electron chi connectivity index (χ0n) is 12.8. The van der Waals surface area contributed by atoms with E-state index in [1.807, 2.05) is 60.8 Å².